The number of hydrogen-bond acceptors (Lipinski definition) is 6. The Kier molecular flexibility index (Phi) is 8.88. The van der Waals surface area contributed by atoms with Crippen molar-refractivity contribution in [3.63, 3.8) is 0 Å². The third kappa shape index (κ3) is 6.42. The number of allylic oxidation sites excluding steroid dienone is 1. The quantitative estimate of drug-likeness (QED) is 0.210. The molecular formula is C31H38Cl2N2O6S2. The lowest BCUT2D eigenvalue weighted by Crippen LogP contribution is -2.61. The van der Waals surface area contributed by atoms with Crippen LogP contribution in [-0.2, 0) is 29.1 Å². The van der Waals surface area contributed by atoms with Gasteiger partial charge >= 0.3 is 0 Å². The van der Waals surface area contributed by atoms with Crippen LogP contribution < -0.4 is 0 Å². The maximum absolute atomic E-state index is 15.0. The van der Waals surface area contributed by atoms with Crippen molar-refractivity contribution in [2.45, 2.75) is 61.8 Å². The summed E-state index contributed by atoms with van der Waals surface area (Å²) < 4.78 is 57.9. The molecule has 0 aromatic heterocycles. The molecule has 3 aliphatic rings. The first-order valence-electron chi connectivity index (χ1n) is 14.4. The largest absolute Gasteiger partial charge is 0.327 e. The normalized spacial score (nSPS) is 29.6. The van der Waals surface area contributed by atoms with Crippen molar-refractivity contribution in [2.24, 2.45) is 11.3 Å². The molecule has 43 heavy (non-hydrogen) atoms. The van der Waals surface area contributed by atoms with Gasteiger partial charge in [0.1, 0.15) is 0 Å². The van der Waals surface area contributed by atoms with Crippen molar-refractivity contribution in [3.05, 3.63) is 82.4 Å². The number of likely N-dealkylation sites (N-methyl/N-ethyl adjacent to an activating group) is 1. The van der Waals surface area contributed by atoms with Gasteiger partial charge in [0, 0.05) is 29.6 Å². The lowest BCUT2D eigenvalue weighted by atomic mass is 9.66. The van der Waals surface area contributed by atoms with Gasteiger partial charge in [-0.15, -0.1) is 6.58 Å². The number of likely N-dealkylation sites (tertiary alicyclic amines) is 1. The lowest BCUT2D eigenvalue weighted by Gasteiger charge is -2.54. The van der Waals surface area contributed by atoms with E-state index >= 15 is 4.79 Å². The van der Waals surface area contributed by atoms with Gasteiger partial charge in [-0.3, -0.25) is 8.98 Å². The summed E-state index contributed by atoms with van der Waals surface area (Å²) in [6.07, 6.45) is 4.87. The van der Waals surface area contributed by atoms with E-state index in [-0.39, 0.29) is 43.7 Å². The minimum atomic E-state index is -3.88. The van der Waals surface area contributed by atoms with Gasteiger partial charge in [0.2, 0.25) is 15.9 Å². The van der Waals surface area contributed by atoms with E-state index in [1.165, 1.54) is 4.31 Å². The standard InChI is InChI=1S/C31H38Cl2N2O6S2/c1-5-15-30(20-41-42(4,37)38)18-27(23-7-6-8-25(33)16-23)28(22-9-11-24(32)12-10-22)35(29(30)36)31(17-21(31)2)19-34(3)43(39,40)26-13-14-26/h5-12,16,21,26-28H,1,13-15,17-20H2,2-4H3/t21-,27-,28-,30+,31+/m1/s1. The van der Waals surface area contributed by atoms with E-state index in [1.54, 1.807) is 31.3 Å². The van der Waals surface area contributed by atoms with E-state index in [0.29, 0.717) is 29.3 Å². The van der Waals surface area contributed by atoms with Crippen molar-refractivity contribution < 1.29 is 25.8 Å². The molecule has 8 nitrogen and oxygen atoms in total. The van der Waals surface area contributed by atoms with Crippen LogP contribution in [0, 0.1) is 11.3 Å². The Hall–Kier alpha value is -1.95. The van der Waals surface area contributed by atoms with E-state index in [2.05, 4.69) is 6.58 Å². The van der Waals surface area contributed by atoms with Gasteiger partial charge in [0.15, 0.2) is 0 Å². The molecule has 1 aliphatic heterocycles. The van der Waals surface area contributed by atoms with E-state index in [9.17, 15) is 16.8 Å². The zero-order valence-electron chi connectivity index (χ0n) is 24.6. The summed E-state index contributed by atoms with van der Waals surface area (Å²) in [5.74, 6) is -0.634. The second kappa shape index (κ2) is 11.8. The Morgan fingerprint density at radius 3 is 2.23 bits per heavy atom. The van der Waals surface area contributed by atoms with Crippen LogP contribution in [0.25, 0.3) is 0 Å². The third-order valence-corrected chi connectivity index (χ3v) is 12.6. The van der Waals surface area contributed by atoms with Gasteiger partial charge in [-0.1, -0.05) is 60.5 Å². The number of rotatable bonds is 12. The molecule has 2 aromatic rings. The Morgan fingerprint density at radius 2 is 1.70 bits per heavy atom. The molecule has 234 valence electrons. The first-order valence-corrected chi connectivity index (χ1v) is 18.5. The van der Waals surface area contributed by atoms with Gasteiger partial charge in [0.25, 0.3) is 10.1 Å². The van der Waals surface area contributed by atoms with Crippen molar-refractivity contribution in [1.82, 2.24) is 9.21 Å². The first-order chi connectivity index (χ1) is 20.1. The Labute approximate surface area is 265 Å². The second-order valence-electron chi connectivity index (χ2n) is 12.5. The van der Waals surface area contributed by atoms with Gasteiger partial charge in [0.05, 0.1) is 35.1 Å². The van der Waals surface area contributed by atoms with Gasteiger partial charge in [-0.2, -0.15) is 8.42 Å². The van der Waals surface area contributed by atoms with Crippen LogP contribution in [0.2, 0.25) is 10.0 Å². The SMILES string of the molecule is C=CC[C@@]1(COS(C)(=O)=O)C[C@H](c2cccc(Cl)c2)[C@@H](c2ccc(Cl)cc2)N([C@]2(CN(C)S(=O)(=O)C3CC3)C[C@H]2C)C1=O. The molecule has 0 unspecified atom stereocenters. The minimum Gasteiger partial charge on any atom is -0.327 e. The highest BCUT2D eigenvalue weighted by molar-refractivity contribution is 7.90. The van der Waals surface area contributed by atoms with E-state index in [0.717, 1.165) is 17.4 Å². The Morgan fingerprint density at radius 1 is 1.05 bits per heavy atom. The third-order valence-electron chi connectivity index (χ3n) is 9.29. The van der Waals surface area contributed by atoms with Crippen LogP contribution in [0.15, 0.2) is 61.2 Å². The molecule has 0 N–H and O–H groups in total. The molecule has 2 aromatic carbocycles. The summed E-state index contributed by atoms with van der Waals surface area (Å²) in [7, 11) is -5.82. The zero-order valence-corrected chi connectivity index (χ0v) is 27.7. The van der Waals surface area contributed by atoms with Crippen LogP contribution in [0.5, 0.6) is 0 Å². The average Bonchev–Trinajstić information content (AvgIpc) is 3.87. The molecule has 5 atom stereocenters. The van der Waals surface area contributed by atoms with Crippen molar-refractivity contribution >= 4 is 49.3 Å². The number of piperidine rings is 1. The van der Waals surface area contributed by atoms with E-state index < -0.39 is 42.4 Å². The van der Waals surface area contributed by atoms with Gasteiger partial charge < -0.3 is 4.90 Å². The number of hydrogen-bond donors (Lipinski definition) is 0. The lowest BCUT2D eigenvalue weighted by molar-refractivity contribution is -0.160. The highest BCUT2D eigenvalue weighted by Gasteiger charge is 2.66. The van der Waals surface area contributed by atoms with Gasteiger partial charge in [-0.05, 0) is 73.4 Å². The molecule has 0 bridgehead atoms. The molecule has 1 heterocycles. The van der Waals surface area contributed by atoms with Crippen molar-refractivity contribution in [1.29, 1.82) is 0 Å². The minimum absolute atomic E-state index is 0.0153. The van der Waals surface area contributed by atoms with Crippen LogP contribution >= 0.6 is 23.2 Å². The summed E-state index contributed by atoms with van der Waals surface area (Å²) in [6.45, 7) is 5.69. The van der Waals surface area contributed by atoms with Crippen LogP contribution in [-0.4, -0.2) is 69.2 Å². The summed E-state index contributed by atoms with van der Waals surface area (Å²) >= 11 is 12.8. The molecule has 5 rings (SSSR count). The maximum Gasteiger partial charge on any atom is 0.264 e. The fraction of sp³-hybridized carbons (Fsp3) is 0.516. The van der Waals surface area contributed by atoms with Crippen LogP contribution in [0.1, 0.15) is 62.1 Å². The predicted molar refractivity (Wildman–Crippen MR) is 169 cm³/mol. The fourth-order valence-corrected chi connectivity index (χ4v) is 9.19. The molecule has 1 amide bonds. The Bertz CT molecular complexity index is 1610. The molecular weight excluding hydrogens is 631 g/mol. The monoisotopic (exact) mass is 668 g/mol. The van der Waals surface area contributed by atoms with Crippen LogP contribution in [0.3, 0.4) is 0 Å². The molecule has 0 spiro atoms. The fourth-order valence-electron chi connectivity index (χ4n) is 6.79. The summed E-state index contributed by atoms with van der Waals surface area (Å²) in [5.41, 5.74) is -0.387. The smallest absolute Gasteiger partial charge is 0.264 e. The van der Waals surface area contributed by atoms with Gasteiger partial charge in [-0.25, -0.2) is 12.7 Å². The number of halogens is 2. The van der Waals surface area contributed by atoms with Crippen LogP contribution in [0.4, 0.5) is 0 Å². The topological polar surface area (TPSA) is 101 Å². The zero-order chi connectivity index (χ0) is 31.4. The highest BCUT2D eigenvalue weighted by Crippen LogP contribution is 2.61. The molecule has 12 heteroatoms. The summed E-state index contributed by atoms with van der Waals surface area (Å²) in [5, 5.41) is 0.682. The predicted octanol–water partition coefficient (Wildman–Crippen LogP) is 5.79. The summed E-state index contributed by atoms with van der Waals surface area (Å²) in [4.78, 5) is 16.9. The maximum atomic E-state index is 15.0. The number of amides is 1. The number of benzene rings is 2. The molecule has 0 radical (unpaired) electrons. The molecule has 1 saturated heterocycles. The summed E-state index contributed by atoms with van der Waals surface area (Å²) in [6, 6.07) is 14.3. The van der Waals surface area contributed by atoms with Crippen molar-refractivity contribution in [3.8, 4) is 0 Å². The number of carbonyl (C=O) groups is 1. The number of carbonyl (C=O) groups excluding carboxylic acids is 1. The van der Waals surface area contributed by atoms with E-state index in [4.69, 9.17) is 27.4 Å². The molecule has 2 saturated carbocycles. The number of sulfonamides is 1. The number of nitrogens with zero attached hydrogens (tertiary/aromatic N) is 2. The highest BCUT2D eigenvalue weighted by atomic mass is 35.5. The van der Waals surface area contributed by atoms with E-state index in [1.807, 2.05) is 42.2 Å². The average molecular weight is 670 g/mol. The van der Waals surface area contributed by atoms with Crippen molar-refractivity contribution in [2.75, 3.05) is 26.5 Å². The molecule has 2 aliphatic carbocycles. The molecule has 3 fully saturated rings. The second-order valence-corrected chi connectivity index (χ2v) is 17.3. The first kappa shape index (κ1) is 32.4. The Balaban J connectivity index is 1.71.